The molecule has 5 heterocycles. The average molecular weight is 865 g/mol. The molecule has 1 N–H and O–H groups in total. The number of nitrogens with zero attached hydrogens (tertiary/aromatic N) is 3. The van der Waals surface area contributed by atoms with Gasteiger partial charge in [0.25, 0.3) is 21.0 Å². The van der Waals surface area contributed by atoms with E-state index >= 15 is 0 Å². The number of rotatable bonds is 8. The van der Waals surface area contributed by atoms with E-state index in [1.165, 1.54) is 0 Å². The number of aliphatic imine (C=N–C) groups is 3. The van der Waals surface area contributed by atoms with Crippen molar-refractivity contribution in [1.82, 2.24) is 4.98 Å². The molecule has 0 radical (unpaired) electrons. The fraction of sp³-hybridized carbons (Fsp3) is 0.0208. The van der Waals surface area contributed by atoms with E-state index in [-0.39, 0.29) is 22.3 Å². The third-order valence-corrected chi connectivity index (χ3v) is 11.3. The number of nitrogens with one attached hydrogen (secondary N) is 1. The Morgan fingerprint density at radius 3 is 1.22 bits per heavy atom. The summed E-state index contributed by atoms with van der Waals surface area (Å²) in [6.07, 6.45) is 9.51. The van der Waals surface area contributed by atoms with Gasteiger partial charge in [-0.25, -0.2) is 9.98 Å². The summed E-state index contributed by atoms with van der Waals surface area (Å²) in [5, 5.41) is -1.53. The quantitative estimate of drug-likeness (QED) is 0.156. The van der Waals surface area contributed by atoms with Crippen molar-refractivity contribution in [3.8, 4) is 0 Å². The van der Waals surface area contributed by atoms with E-state index < -0.39 is 21.0 Å². The van der Waals surface area contributed by atoms with E-state index in [4.69, 9.17) is 61.4 Å². The highest BCUT2D eigenvalue weighted by Crippen LogP contribution is 2.40. The van der Waals surface area contributed by atoms with Crippen molar-refractivity contribution in [1.29, 1.82) is 0 Å². The maximum atomic E-state index is 13.0. The summed E-state index contributed by atoms with van der Waals surface area (Å²) in [4.78, 5) is 70.9. The van der Waals surface area contributed by atoms with E-state index in [9.17, 15) is 19.2 Å². The summed E-state index contributed by atoms with van der Waals surface area (Å²) >= 11 is 24.8. The lowest BCUT2D eigenvalue weighted by molar-refractivity contribution is 0.107. The zero-order chi connectivity index (χ0) is 41.7. The van der Waals surface area contributed by atoms with Gasteiger partial charge in [-0.2, -0.15) is 0 Å². The van der Waals surface area contributed by atoms with Crippen molar-refractivity contribution < 1.29 is 19.2 Å². The number of H-pyrrole nitrogens is 1. The second-order valence-corrected chi connectivity index (χ2v) is 15.2. The van der Waals surface area contributed by atoms with Crippen LogP contribution in [-0.4, -0.2) is 43.1 Å². The van der Waals surface area contributed by atoms with Gasteiger partial charge < -0.3 is 4.98 Å². The first-order valence-corrected chi connectivity index (χ1v) is 20.0. The molecular weight excluding hydrogens is 838 g/mol. The van der Waals surface area contributed by atoms with Crippen molar-refractivity contribution in [3.63, 3.8) is 0 Å². The van der Waals surface area contributed by atoms with E-state index in [0.29, 0.717) is 95.9 Å². The van der Waals surface area contributed by atoms with Crippen LogP contribution < -0.4 is 10.7 Å². The van der Waals surface area contributed by atoms with Crippen LogP contribution >= 0.6 is 46.4 Å². The minimum atomic E-state index is -0.666. The normalized spacial score (nSPS) is 15.6. The minimum Gasteiger partial charge on any atom is -0.354 e. The number of carbonyl (C=O) groups excluding carboxylic acids is 4. The van der Waals surface area contributed by atoms with Gasteiger partial charge in [-0.15, -0.1) is 0 Å². The Labute approximate surface area is 362 Å². The number of hydrogen-bond acceptors (Lipinski definition) is 7. The lowest BCUT2D eigenvalue weighted by atomic mass is 9.93. The number of aromatic amines is 1. The molecule has 8 nitrogen and oxygen atoms in total. The van der Waals surface area contributed by atoms with Gasteiger partial charge in [-0.1, -0.05) is 78.9 Å². The highest BCUT2D eigenvalue weighted by molar-refractivity contribution is 6.69. The second kappa shape index (κ2) is 15.9. The van der Waals surface area contributed by atoms with Gasteiger partial charge in [0.05, 0.1) is 34.2 Å². The third-order valence-electron chi connectivity index (χ3n) is 10.5. The summed E-state index contributed by atoms with van der Waals surface area (Å²) in [7, 11) is 0. The summed E-state index contributed by atoms with van der Waals surface area (Å²) in [6.45, 7) is 0. The zero-order valence-electron chi connectivity index (χ0n) is 31.0. The largest absolute Gasteiger partial charge is 0.354 e. The summed E-state index contributed by atoms with van der Waals surface area (Å²) in [5.74, 6) is 0. The average Bonchev–Trinajstić information content (AvgIpc) is 4.09. The van der Waals surface area contributed by atoms with Crippen molar-refractivity contribution in [2.24, 2.45) is 15.0 Å². The zero-order valence-corrected chi connectivity index (χ0v) is 34.0. The first-order chi connectivity index (χ1) is 29.1. The fourth-order valence-electron chi connectivity index (χ4n) is 7.89. The van der Waals surface area contributed by atoms with Crippen molar-refractivity contribution >= 4 is 107 Å². The summed E-state index contributed by atoms with van der Waals surface area (Å²) < 4.78 is 0. The van der Waals surface area contributed by atoms with E-state index in [1.807, 2.05) is 42.5 Å². The van der Waals surface area contributed by atoms with Crippen LogP contribution in [-0.2, 0) is 0 Å². The number of aromatic nitrogens is 1. The van der Waals surface area contributed by atoms with Gasteiger partial charge in [0, 0.05) is 61.7 Å². The van der Waals surface area contributed by atoms with Crippen LogP contribution in [0.3, 0.4) is 0 Å². The topological polar surface area (TPSA) is 121 Å². The molecule has 9 rings (SSSR count). The predicted molar refractivity (Wildman–Crippen MR) is 239 cm³/mol. The molecule has 0 aliphatic carbocycles. The van der Waals surface area contributed by atoms with Gasteiger partial charge >= 0.3 is 0 Å². The number of fused-ring (bicyclic) bond motifs is 5. The molecule has 4 aromatic carbocycles. The molecule has 0 fully saturated rings. The molecule has 5 aromatic rings. The lowest BCUT2D eigenvalue weighted by Crippen LogP contribution is -2.22. The van der Waals surface area contributed by atoms with E-state index in [0.717, 1.165) is 0 Å². The molecule has 0 atom stereocenters. The van der Waals surface area contributed by atoms with Gasteiger partial charge in [0.1, 0.15) is 0 Å². The molecule has 0 amide bonds. The Balaban J connectivity index is 1.46. The Bertz CT molecular complexity index is 3190. The molecular formula is C48H26Cl4N4O4. The van der Waals surface area contributed by atoms with Crippen LogP contribution in [0, 0.1) is 0 Å². The maximum Gasteiger partial charge on any atom is 0.253 e. The van der Waals surface area contributed by atoms with Gasteiger partial charge in [-0.05, 0) is 129 Å². The monoisotopic (exact) mass is 862 g/mol. The number of allylic oxidation sites excluding steroid dienone is 7. The molecule has 8 bridgehead atoms. The molecule has 4 aliphatic rings. The van der Waals surface area contributed by atoms with Crippen LogP contribution in [0.5, 0.6) is 0 Å². The Morgan fingerprint density at radius 2 is 0.800 bits per heavy atom. The SMILES string of the molecule is O=C(Cl)c1ccccc1C1=C2C=CC(=N2)C(c2ccccc2C(=O)Cl)=c2ccc([nH]2)=C(c2ccccc2C(=O)Cl)C2=NC(=C(c3ccccc3C(=O)Cl)C3=NC1=CC3)C=C2. The first kappa shape index (κ1) is 38.9. The first-order valence-electron chi connectivity index (χ1n) is 18.5. The second-order valence-electron chi connectivity index (χ2n) is 13.8. The molecule has 12 heteroatoms. The van der Waals surface area contributed by atoms with E-state index in [2.05, 4.69) is 4.98 Å². The van der Waals surface area contributed by atoms with Gasteiger partial charge in [0.15, 0.2) is 0 Å². The smallest absolute Gasteiger partial charge is 0.253 e. The van der Waals surface area contributed by atoms with Crippen LogP contribution in [0.4, 0.5) is 0 Å². The molecule has 0 unspecified atom stereocenters. The summed E-state index contributed by atoms with van der Waals surface area (Å²) in [6, 6.07) is 31.5. The number of halogens is 4. The third kappa shape index (κ3) is 6.93. The Kier molecular flexibility index (Phi) is 10.3. The van der Waals surface area contributed by atoms with E-state index in [1.54, 1.807) is 97.1 Å². The Hall–Kier alpha value is -6.55. The molecule has 290 valence electrons. The van der Waals surface area contributed by atoms with Gasteiger partial charge in [-0.3, -0.25) is 24.2 Å². The fourth-order valence-corrected chi connectivity index (χ4v) is 8.55. The highest BCUT2D eigenvalue weighted by Gasteiger charge is 2.30. The molecule has 0 saturated heterocycles. The predicted octanol–water partition coefficient (Wildman–Crippen LogP) is 9.52. The number of carbonyl (C=O) groups is 4. The molecule has 1 aromatic heterocycles. The van der Waals surface area contributed by atoms with Crippen molar-refractivity contribution in [3.05, 3.63) is 212 Å². The van der Waals surface area contributed by atoms with Crippen LogP contribution in [0.2, 0.25) is 0 Å². The van der Waals surface area contributed by atoms with Crippen LogP contribution in [0.1, 0.15) is 70.1 Å². The standard InChI is InChI=1S/C48H26Cl4N4O4/c49-45(57)29-13-5-1-9-25(29)41-33-17-19-35(53-33)42(26-10-2-6-14-30(26)46(50)58)37-21-23-39(55-37)44(28-12-4-8-16-32(28)48(52)60)40-24-22-38(56-40)43(36-20-18-34(41)54-36)27-11-3-7-15-31(27)47(51)59/h1-23,53H,24H2. The molecule has 0 spiro atoms. The molecule has 60 heavy (non-hydrogen) atoms. The van der Waals surface area contributed by atoms with Crippen LogP contribution in [0.15, 0.2) is 172 Å². The Morgan fingerprint density at radius 1 is 0.433 bits per heavy atom. The number of benzene rings is 4. The van der Waals surface area contributed by atoms with Gasteiger partial charge in [0.2, 0.25) is 0 Å². The summed E-state index contributed by atoms with van der Waals surface area (Å²) in [5.41, 5.74) is 8.14. The van der Waals surface area contributed by atoms with Crippen molar-refractivity contribution in [2.75, 3.05) is 0 Å². The molecule has 0 saturated carbocycles. The molecule has 4 aliphatic heterocycles. The lowest BCUT2D eigenvalue weighted by Gasteiger charge is -2.15. The minimum absolute atomic E-state index is 0.248. The maximum absolute atomic E-state index is 13.0. The highest BCUT2D eigenvalue weighted by atomic mass is 35.5. The van der Waals surface area contributed by atoms with Crippen molar-refractivity contribution in [2.45, 2.75) is 6.42 Å². The number of hydrogen-bond donors (Lipinski definition) is 1. The van der Waals surface area contributed by atoms with Crippen LogP contribution in [0.25, 0.3) is 22.3 Å².